The van der Waals surface area contributed by atoms with Crippen LogP contribution in [-0.4, -0.2) is 36.5 Å². The molecule has 3 aromatic rings. The van der Waals surface area contributed by atoms with Gasteiger partial charge in [0.25, 0.3) is 0 Å². The number of aromatic nitrogens is 5. The van der Waals surface area contributed by atoms with Crippen molar-refractivity contribution >= 4 is 17.6 Å². The number of nitrogens with zero attached hydrogens (tertiary/aromatic N) is 5. The van der Waals surface area contributed by atoms with Gasteiger partial charge in [0.1, 0.15) is 6.54 Å². The van der Waals surface area contributed by atoms with E-state index in [4.69, 9.17) is 16.3 Å². The first kappa shape index (κ1) is 18.6. The molecule has 0 atom stereocenters. The van der Waals surface area contributed by atoms with Crippen molar-refractivity contribution in [2.75, 3.05) is 6.61 Å². The van der Waals surface area contributed by atoms with Crippen molar-refractivity contribution in [2.24, 2.45) is 0 Å². The number of benzene rings is 1. The zero-order valence-electron chi connectivity index (χ0n) is 14.4. The third kappa shape index (κ3) is 4.14. The maximum atomic E-state index is 12.9. The predicted octanol–water partition coefficient (Wildman–Crippen LogP) is 0.855. The first-order chi connectivity index (χ1) is 13.0. The van der Waals surface area contributed by atoms with Crippen LogP contribution in [0.2, 0.25) is 5.02 Å². The molecule has 0 bridgehead atoms. The van der Waals surface area contributed by atoms with Crippen molar-refractivity contribution in [3.05, 3.63) is 74.3 Å². The quantitative estimate of drug-likeness (QED) is 0.579. The largest absolute Gasteiger partial charge is 0.465 e. The molecule has 0 aliphatic rings. The van der Waals surface area contributed by atoms with Crippen LogP contribution in [-0.2, 0) is 22.6 Å². The molecule has 3 rings (SSSR count). The second-order valence-electron chi connectivity index (χ2n) is 5.53. The van der Waals surface area contributed by atoms with Crippen molar-refractivity contribution in [2.45, 2.75) is 20.0 Å². The third-order valence-corrected chi connectivity index (χ3v) is 3.94. The van der Waals surface area contributed by atoms with Crippen LogP contribution in [0.25, 0.3) is 5.95 Å². The predicted molar refractivity (Wildman–Crippen MR) is 97.1 cm³/mol. The van der Waals surface area contributed by atoms with Crippen molar-refractivity contribution in [1.29, 1.82) is 0 Å². The smallest absolute Gasteiger partial charge is 0.355 e. The van der Waals surface area contributed by atoms with Crippen LogP contribution in [0.5, 0.6) is 0 Å². The molecule has 9 nitrogen and oxygen atoms in total. The van der Waals surface area contributed by atoms with Gasteiger partial charge in [-0.2, -0.15) is 10.1 Å². The number of esters is 1. The number of hydrogen-bond acceptors (Lipinski definition) is 6. The Kier molecular flexibility index (Phi) is 5.51. The van der Waals surface area contributed by atoms with Crippen molar-refractivity contribution in [3.8, 4) is 5.95 Å². The van der Waals surface area contributed by atoms with Gasteiger partial charge in [-0.1, -0.05) is 23.7 Å². The second kappa shape index (κ2) is 8.00. The van der Waals surface area contributed by atoms with Gasteiger partial charge in [-0.15, -0.1) is 0 Å². The molecule has 0 saturated carbocycles. The molecule has 10 heteroatoms. The average Bonchev–Trinajstić information content (AvgIpc) is 3.17. The first-order valence-corrected chi connectivity index (χ1v) is 8.49. The third-order valence-electron chi connectivity index (χ3n) is 3.69. The van der Waals surface area contributed by atoms with Gasteiger partial charge >= 0.3 is 17.3 Å². The molecule has 0 unspecified atom stereocenters. The molecule has 0 aliphatic heterocycles. The highest BCUT2D eigenvalue weighted by atomic mass is 35.5. The molecule has 140 valence electrons. The van der Waals surface area contributed by atoms with E-state index in [0.717, 1.165) is 10.1 Å². The van der Waals surface area contributed by atoms with E-state index in [9.17, 15) is 14.4 Å². The fraction of sp³-hybridized carbons (Fsp3) is 0.235. The molecule has 0 amide bonds. The van der Waals surface area contributed by atoms with E-state index in [1.165, 1.54) is 15.4 Å². The Balaban J connectivity index is 2.11. The van der Waals surface area contributed by atoms with Gasteiger partial charge < -0.3 is 4.74 Å². The van der Waals surface area contributed by atoms with E-state index < -0.39 is 23.9 Å². The Morgan fingerprint density at radius 2 is 1.93 bits per heavy atom. The normalized spacial score (nSPS) is 10.7. The lowest BCUT2D eigenvalue weighted by Crippen LogP contribution is -2.45. The average molecular weight is 390 g/mol. The Hall–Kier alpha value is -3.20. The molecular formula is C17H16ClN5O4. The van der Waals surface area contributed by atoms with E-state index in [1.807, 2.05) is 0 Å². The summed E-state index contributed by atoms with van der Waals surface area (Å²) in [5.41, 5.74) is -0.785. The number of carbonyl (C=O) groups excluding carboxylic acids is 1. The molecule has 0 N–H and O–H groups in total. The minimum absolute atomic E-state index is 0.0464. The molecule has 0 aliphatic carbocycles. The Morgan fingerprint density at radius 1 is 1.19 bits per heavy atom. The lowest BCUT2D eigenvalue weighted by molar-refractivity contribution is -0.144. The van der Waals surface area contributed by atoms with Gasteiger partial charge in [-0.25, -0.2) is 18.8 Å². The summed E-state index contributed by atoms with van der Waals surface area (Å²) >= 11 is 5.90. The van der Waals surface area contributed by atoms with Gasteiger partial charge in [0.15, 0.2) is 0 Å². The van der Waals surface area contributed by atoms with Crippen LogP contribution < -0.4 is 11.4 Å². The summed E-state index contributed by atoms with van der Waals surface area (Å²) in [6, 6.07) is 8.53. The summed E-state index contributed by atoms with van der Waals surface area (Å²) in [4.78, 5) is 40.9. The SMILES string of the molecule is CCOC(=O)Cn1c(=O)nc(-n2cccn2)n(Cc2ccc(Cl)cc2)c1=O. The minimum atomic E-state index is -0.856. The van der Waals surface area contributed by atoms with Crippen LogP contribution in [0.3, 0.4) is 0 Å². The molecule has 0 fully saturated rings. The van der Waals surface area contributed by atoms with Gasteiger partial charge in [-0.3, -0.25) is 9.36 Å². The topological polar surface area (TPSA) is 101 Å². The number of hydrogen-bond donors (Lipinski definition) is 0. The molecule has 27 heavy (non-hydrogen) atoms. The number of ether oxygens (including phenoxy) is 1. The standard InChI is InChI=1S/C17H16ClN5O4/c1-2-27-14(24)11-22-16(25)20-15(23-9-3-8-19-23)21(17(22)26)10-12-4-6-13(18)7-5-12/h3-9H,2,10-11H2,1H3. The lowest BCUT2D eigenvalue weighted by Gasteiger charge is -2.14. The highest BCUT2D eigenvalue weighted by Crippen LogP contribution is 2.11. The van der Waals surface area contributed by atoms with Gasteiger partial charge in [0.2, 0.25) is 5.95 Å². The van der Waals surface area contributed by atoms with E-state index in [-0.39, 0.29) is 19.1 Å². The summed E-state index contributed by atoms with van der Waals surface area (Å²) in [6.07, 6.45) is 3.07. The maximum Gasteiger partial charge on any atom is 0.355 e. The Bertz CT molecular complexity index is 1050. The van der Waals surface area contributed by atoms with E-state index in [1.54, 1.807) is 43.5 Å². The van der Waals surface area contributed by atoms with Crippen LogP contribution in [0.1, 0.15) is 12.5 Å². The molecule has 0 spiro atoms. The Morgan fingerprint density at radius 3 is 2.56 bits per heavy atom. The van der Waals surface area contributed by atoms with Gasteiger partial charge in [0, 0.05) is 17.4 Å². The molecule has 1 aromatic carbocycles. The Labute approximate surface area is 158 Å². The van der Waals surface area contributed by atoms with Crippen LogP contribution in [0.15, 0.2) is 52.3 Å². The minimum Gasteiger partial charge on any atom is -0.465 e. The van der Waals surface area contributed by atoms with Crippen molar-refractivity contribution < 1.29 is 9.53 Å². The van der Waals surface area contributed by atoms with Crippen LogP contribution >= 0.6 is 11.6 Å². The summed E-state index contributed by atoms with van der Waals surface area (Å²) in [5.74, 6) is -0.645. The fourth-order valence-electron chi connectivity index (χ4n) is 2.46. The number of rotatable bonds is 6. The fourth-order valence-corrected chi connectivity index (χ4v) is 2.59. The van der Waals surface area contributed by atoms with Crippen LogP contribution in [0, 0.1) is 0 Å². The van der Waals surface area contributed by atoms with E-state index in [2.05, 4.69) is 10.1 Å². The summed E-state index contributed by atoms with van der Waals surface area (Å²) in [5, 5.41) is 4.60. The zero-order chi connectivity index (χ0) is 19.4. The highest BCUT2D eigenvalue weighted by molar-refractivity contribution is 6.30. The molecular weight excluding hydrogens is 374 g/mol. The summed E-state index contributed by atoms with van der Waals surface area (Å²) < 4.78 is 8.13. The molecule has 0 radical (unpaired) electrons. The molecule has 0 saturated heterocycles. The van der Waals surface area contributed by atoms with Crippen molar-refractivity contribution in [1.82, 2.24) is 23.9 Å². The number of halogens is 1. The second-order valence-corrected chi connectivity index (χ2v) is 5.97. The summed E-state index contributed by atoms with van der Waals surface area (Å²) in [6.45, 7) is 1.38. The van der Waals surface area contributed by atoms with Gasteiger partial charge in [0.05, 0.1) is 13.2 Å². The molecule has 2 heterocycles. The molecule has 2 aromatic heterocycles. The maximum absolute atomic E-state index is 12.9. The van der Waals surface area contributed by atoms with Crippen molar-refractivity contribution in [3.63, 3.8) is 0 Å². The van der Waals surface area contributed by atoms with Gasteiger partial charge in [-0.05, 0) is 30.7 Å². The highest BCUT2D eigenvalue weighted by Gasteiger charge is 2.17. The lowest BCUT2D eigenvalue weighted by atomic mass is 10.2. The monoisotopic (exact) mass is 389 g/mol. The van der Waals surface area contributed by atoms with E-state index >= 15 is 0 Å². The first-order valence-electron chi connectivity index (χ1n) is 8.11. The summed E-state index contributed by atoms with van der Waals surface area (Å²) in [7, 11) is 0. The zero-order valence-corrected chi connectivity index (χ0v) is 15.2. The van der Waals surface area contributed by atoms with E-state index in [0.29, 0.717) is 5.02 Å². The number of carbonyl (C=O) groups is 1. The van der Waals surface area contributed by atoms with Crippen LogP contribution in [0.4, 0.5) is 0 Å².